The molecule has 0 N–H and O–H groups in total. The van der Waals surface area contributed by atoms with Gasteiger partial charge >= 0.3 is 5.97 Å². The minimum atomic E-state index is -0.437. The van der Waals surface area contributed by atoms with Gasteiger partial charge in [0.15, 0.2) is 5.79 Å². The molecule has 4 rings (SSSR count). The molecule has 1 aromatic rings. The smallest absolute Gasteiger partial charge is 0.303 e. The van der Waals surface area contributed by atoms with Crippen LogP contribution >= 0.6 is 0 Å². The van der Waals surface area contributed by atoms with E-state index in [0.29, 0.717) is 6.54 Å². The Kier molecular flexibility index (Phi) is 5.30. The van der Waals surface area contributed by atoms with Gasteiger partial charge in [0.2, 0.25) is 0 Å². The van der Waals surface area contributed by atoms with Crippen LogP contribution in [0.2, 0.25) is 0 Å². The van der Waals surface area contributed by atoms with Crippen molar-refractivity contribution >= 4 is 5.97 Å². The van der Waals surface area contributed by atoms with Crippen LogP contribution in [-0.4, -0.2) is 48.1 Å². The molecule has 2 saturated heterocycles. The highest BCUT2D eigenvalue weighted by Crippen LogP contribution is 2.43. The van der Waals surface area contributed by atoms with Gasteiger partial charge in [-0.1, -0.05) is 36.8 Å². The van der Waals surface area contributed by atoms with Crippen LogP contribution in [0.1, 0.15) is 51.0 Å². The van der Waals surface area contributed by atoms with Crippen molar-refractivity contribution in [1.82, 2.24) is 4.90 Å². The number of carbonyl (C=O) groups is 1. The number of ether oxygens (including phenoxy) is 3. The summed E-state index contributed by atoms with van der Waals surface area (Å²) in [6, 6.07) is 10.4. The number of fused-ring (bicyclic) bond motifs is 1. The molecule has 1 aromatic carbocycles. The lowest BCUT2D eigenvalue weighted by molar-refractivity contribution is -0.206. The molecule has 3 fully saturated rings. The summed E-state index contributed by atoms with van der Waals surface area (Å²) in [6.07, 6.45) is 5.97. The summed E-state index contributed by atoms with van der Waals surface area (Å²) in [7, 11) is 0. The molecule has 3 aliphatic rings. The Morgan fingerprint density at radius 2 is 1.96 bits per heavy atom. The van der Waals surface area contributed by atoms with Crippen molar-refractivity contribution in [2.24, 2.45) is 0 Å². The van der Waals surface area contributed by atoms with Gasteiger partial charge in [-0.2, -0.15) is 0 Å². The monoisotopic (exact) mass is 359 g/mol. The number of benzene rings is 1. The first-order chi connectivity index (χ1) is 12.6. The fourth-order valence-electron chi connectivity index (χ4n) is 4.62. The summed E-state index contributed by atoms with van der Waals surface area (Å²) in [5.41, 5.74) is 1.27. The highest BCUT2D eigenvalue weighted by atomic mass is 16.8. The van der Waals surface area contributed by atoms with Crippen molar-refractivity contribution in [3.05, 3.63) is 35.9 Å². The van der Waals surface area contributed by atoms with Gasteiger partial charge in [-0.3, -0.25) is 9.69 Å². The molecule has 5 nitrogen and oxygen atoms in total. The minimum absolute atomic E-state index is 0.0122. The van der Waals surface area contributed by atoms with Gasteiger partial charge in [0, 0.05) is 39.4 Å². The Morgan fingerprint density at radius 3 is 2.69 bits per heavy atom. The van der Waals surface area contributed by atoms with Crippen LogP contribution in [0, 0.1) is 0 Å². The molecule has 26 heavy (non-hydrogen) atoms. The first kappa shape index (κ1) is 18.0. The fourth-order valence-corrected chi connectivity index (χ4v) is 4.62. The summed E-state index contributed by atoms with van der Waals surface area (Å²) < 4.78 is 18.6. The van der Waals surface area contributed by atoms with E-state index in [1.807, 2.05) is 6.07 Å². The standard InChI is InChI=1S/C21H29NO4/c1-16(23)24-19-15-22(14-17-8-4-2-5-9-17)13-10-18-20(19)26-21(25-18)11-6-3-7-12-21/h2,4-5,8-9,18-20H,3,6-7,10-15H2,1H3/t18-,19-,20-/m1/s1. The molecule has 5 heteroatoms. The predicted octanol–water partition coefficient (Wildman–Crippen LogP) is 3.27. The van der Waals surface area contributed by atoms with Crippen molar-refractivity contribution in [3.63, 3.8) is 0 Å². The van der Waals surface area contributed by atoms with Crippen LogP contribution < -0.4 is 0 Å². The van der Waals surface area contributed by atoms with Gasteiger partial charge in [-0.05, 0) is 24.8 Å². The Bertz CT molecular complexity index is 614. The predicted molar refractivity (Wildman–Crippen MR) is 97.5 cm³/mol. The van der Waals surface area contributed by atoms with Crippen LogP contribution in [0.5, 0.6) is 0 Å². The molecule has 0 bridgehead atoms. The number of hydrogen-bond donors (Lipinski definition) is 0. The average molecular weight is 359 g/mol. The first-order valence-electron chi connectivity index (χ1n) is 9.93. The quantitative estimate of drug-likeness (QED) is 0.775. The van der Waals surface area contributed by atoms with Gasteiger partial charge < -0.3 is 14.2 Å². The van der Waals surface area contributed by atoms with E-state index in [4.69, 9.17) is 14.2 Å². The second kappa shape index (κ2) is 7.67. The summed E-state index contributed by atoms with van der Waals surface area (Å²) in [6.45, 7) is 3.94. The number of carbonyl (C=O) groups excluding carboxylic acids is 1. The number of likely N-dealkylation sites (tertiary alicyclic amines) is 1. The molecule has 3 atom stereocenters. The summed E-state index contributed by atoms with van der Waals surface area (Å²) in [4.78, 5) is 14.1. The third-order valence-electron chi connectivity index (χ3n) is 5.80. The van der Waals surface area contributed by atoms with Crippen LogP contribution in [0.25, 0.3) is 0 Å². The lowest BCUT2D eigenvalue weighted by Gasteiger charge is -2.33. The van der Waals surface area contributed by atoms with Gasteiger partial charge in [0.1, 0.15) is 12.2 Å². The molecule has 2 heterocycles. The van der Waals surface area contributed by atoms with E-state index in [1.165, 1.54) is 18.9 Å². The third kappa shape index (κ3) is 3.95. The number of esters is 1. The zero-order valence-corrected chi connectivity index (χ0v) is 15.6. The minimum Gasteiger partial charge on any atom is -0.458 e. The summed E-state index contributed by atoms with van der Waals surface area (Å²) >= 11 is 0. The Morgan fingerprint density at radius 1 is 1.19 bits per heavy atom. The van der Waals surface area contributed by atoms with E-state index >= 15 is 0 Å². The third-order valence-corrected chi connectivity index (χ3v) is 5.80. The molecule has 0 radical (unpaired) electrons. The lowest BCUT2D eigenvalue weighted by Crippen LogP contribution is -2.43. The zero-order chi connectivity index (χ0) is 18.0. The molecule has 0 aromatic heterocycles. The Labute approximate surface area is 155 Å². The lowest BCUT2D eigenvalue weighted by atomic mass is 9.94. The largest absolute Gasteiger partial charge is 0.458 e. The van der Waals surface area contributed by atoms with Crippen molar-refractivity contribution in [2.75, 3.05) is 13.1 Å². The molecule has 142 valence electrons. The maximum absolute atomic E-state index is 11.7. The molecule has 1 spiro atoms. The molecule has 0 unspecified atom stereocenters. The van der Waals surface area contributed by atoms with E-state index in [2.05, 4.69) is 29.2 Å². The van der Waals surface area contributed by atoms with E-state index in [-0.39, 0.29) is 24.3 Å². The maximum atomic E-state index is 11.7. The normalized spacial score (nSPS) is 31.3. The molecular formula is C21H29NO4. The van der Waals surface area contributed by atoms with Crippen LogP contribution in [0.15, 0.2) is 30.3 Å². The molecular weight excluding hydrogens is 330 g/mol. The van der Waals surface area contributed by atoms with Gasteiger partial charge in [0.25, 0.3) is 0 Å². The average Bonchev–Trinajstić information content (AvgIpc) is 2.91. The van der Waals surface area contributed by atoms with Crippen LogP contribution in [-0.2, 0) is 25.5 Å². The first-order valence-corrected chi connectivity index (χ1v) is 9.93. The topological polar surface area (TPSA) is 48.0 Å². The molecule has 1 saturated carbocycles. The van der Waals surface area contributed by atoms with Gasteiger partial charge in [-0.15, -0.1) is 0 Å². The SMILES string of the molecule is CC(=O)O[C@@H]1CN(Cc2ccccc2)CC[C@H]2OC3(CCCCC3)O[C@@H]12. The fraction of sp³-hybridized carbons (Fsp3) is 0.667. The van der Waals surface area contributed by atoms with Gasteiger partial charge in [0.05, 0.1) is 6.10 Å². The second-order valence-corrected chi connectivity index (χ2v) is 7.87. The molecule has 0 amide bonds. The van der Waals surface area contributed by atoms with E-state index < -0.39 is 5.79 Å². The second-order valence-electron chi connectivity index (χ2n) is 7.87. The van der Waals surface area contributed by atoms with Crippen LogP contribution in [0.3, 0.4) is 0 Å². The summed E-state index contributed by atoms with van der Waals surface area (Å²) in [5, 5.41) is 0. The number of nitrogens with zero attached hydrogens (tertiary/aromatic N) is 1. The summed E-state index contributed by atoms with van der Waals surface area (Å²) in [5.74, 6) is -0.684. The number of rotatable bonds is 3. The van der Waals surface area contributed by atoms with Crippen molar-refractivity contribution in [2.45, 2.75) is 76.1 Å². The van der Waals surface area contributed by atoms with E-state index in [0.717, 1.165) is 45.2 Å². The van der Waals surface area contributed by atoms with Gasteiger partial charge in [-0.25, -0.2) is 0 Å². The van der Waals surface area contributed by atoms with Crippen molar-refractivity contribution in [1.29, 1.82) is 0 Å². The van der Waals surface area contributed by atoms with Crippen molar-refractivity contribution < 1.29 is 19.0 Å². The highest BCUT2D eigenvalue weighted by molar-refractivity contribution is 5.66. The number of hydrogen-bond acceptors (Lipinski definition) is 5. The highest BCUT2D eigenvalue weighted by Gasteiger charge is 2.52. The van der Waals surface area contributed by atoms with Crippen molar-refractivity contribution in [3.8, 4) is 0 Å². The van der Waals surface area contributed by atoms with E-state index in [9.17, 15) is 4.79 Å². The zero-order valence-electron chi connectivity index (χ0n) is 15.6. The molecule has 2 aliphatic heterocycles. The Balaban J connectivity index is 1.49. The molecule has 1 aliphatic carbocycles. The Hall–Kier alpha value is -1.43. The maximum Gasteiger partial charge on any atom is 0.303 e. The van der Waals surface area contributed by atoms with Crippen LogP contribution in [0.4, 0.5) is 0 Å². The van der Waals surface area contributed by atoms with E-state index in [1.54, 1.807) is 0 Å².